The lowest BCUT2D eigenvalue weighted by atomic mass is 10.1. The first-order valence-electron chi connectivity index (χ1n) is 5.46. The Morgan fingerprint density at radius 1 is 1.32 bits per heavy atom. The Morgan fingerprint density at radius 2 is 2.00 bits per heavy atom. The number of hydrogen-bond acceptors (Lipinski definition) is 3. The fourth-order valence-electron chi connectivity index (χ4n) is 2.06. The van der Waals surface area contributed by atoms with Gasteiger partial charge in [-0.25, -0.2) is 4.79 Å². The molecule has 100 valence electrons. The van der Waals surface area contributed by atoms with Gasteiger partial charge in [0.05, 0.1) is 16.6 Å². The molecule has 1 aliphatic heterocycles. The van der Waals surface area contributed by atoms with Crippen LogP contribution in [0.25, 0.3) is 0 Å². The van der Waals surface area contributed by atoms with E-state index in [-0.39, 0.29) is 29.2 Å². The predicted molar refractivity (Wildman–Crippen MR) is 66.5 cm³/mol. The van der Waals surface area contributed by atoms with Crippen LogP contribution in [0.3, 0.4) is 0 Å². The van der Waals surface area contributed by atoms with E-state index >= 15 is 0 Å². The Balaban J connectivity index is 2.43. The lowest BCUT2D eigenvalue weighted by Gasteiger charge is -2.19. The van der Waals surface area contributed by atoms with Gasteiger partial charge in [0.15, 0.2) is 0 Å². The number of anilines is 1. The van der Waals surface area contributed by atoms with Crippen LogP contribution in [0.5, 0.6) is 0 Å². The molecule has 0 spiro atoms. The zero-order chi connectivity index (χ0) is 14.2. The summed E-state index contributed by atoms with van der Waals surface area (Å²) in [5.41, 5.74) is -0.0581. The number of carbonyl (C=O) groups is 3. The van der Waals surface area contributed by atoms with E-state index < -0.39 is 23.8 Å². The summed E-state index contributed by atoms with van der Waals surface area (Å²) in [5, 5.41) is 18.0. The van der Waals surface area contributed by atoms with Gasteiger partial charge in [-0.1, -0.05) is 17.7 Å². The first-order valence-corrected chi connectivity index (χ1v) is 5.84. The predicted octanol–water partition coefficient (Wildman–Crippen LogP) is 1.48. The highest BCUT2D eigenvalue weighted by molar-refractivity contribution is 6.34. The second-order valence-corrected chi connectivity index (χ2v) is 4.59. The van der Waals surface area contributed by atoms with Gasteiger partial charge in [-0.3, -0.25) is 9.59 Å². The minimum atomic E-state index is -1.26. The standard InChI is InChI=1S/C12H10ClNO5/c13-7-2-1-3-8(10(7)12(18)19)14-5-6(11(16)17)4-9(14)15/h1-3,6H,4-5H2,(H,16,17)(H,18,19). The highest BCUT2D eigenvalue weighted by Crippen LogP contribution is 2.32. The Morgan fingerprint density at radius 3 is 2.53 bits per heavy atom. The molecular weight excluding hydrogens is 274 g/mol. The summed E-state index contributed by atoms with van der Waals surface area (Å²) in [6.45, 7) is -0.0468. The number of carboxylic acids is 2. The molecular formula is C12H10ClNO5. The van der Waals surface area contributed by atoms with Crippen LogP contribution in [-0.4, -0.2) is 34.6 Å². The first kappa shape index (κ1) is 13.4. The van der Waals surface area contributed by atoms with Gasteiger partial charge in [-0.2, -0.15) is 0 Å². The van der Waals surface area contributed by atoms with Crippen LogP contribution in [0.4, 0.5) is 5.69 Å². The van der Waals surface area contributed by atoms with Crippen molar-refractivity contribution in [2.75, 3.05) is 11.4 Å². The van der Waals surface area contributed by atoms with Crippen molar-refractivity contribution in [3.05, 3.63) is 28.8 Å². The van der Waals surface area contributed by atoms with Gasteiger partial charge in [0.25, 0.3) is 0 Å². The summed E-state index contributed by atoms with van der Waals surface area (Å²) in [7, 11) is 0. The summed E-state index contributed by atoms with van der Waals surface area (Å²) in [6.07, 6.45) is -0.138. The zero-order valence-corrected chi connectivity index (χ0v) is 10.4. The number of hydrogen-bond donors (Lipinski definition) is 2. The van der Waals surface area contributed by atoms with Gasteiger partial charge in [-0.15, -0.1) is 0 Å². The first-order chi connectivity index (χ1) is 8.91. The second-order valence-electron chi connectivity index (χ2n) is 4.18. The average Bonchev–Trinajstić information content (AvgIpc) is 2.70. The number of benzene rings is 1. The monoisotopic (exact) mass is 283 g/mol. The van der Waals surface area contributed by atoms with E-state index in [0.717, 1.165) is 4.90 Å². The van der Waals surface area contributed by atoms with E-state index in [1.165, 1.54) is 18.2 Å². The largest absolute Gasteiger partial charge is 0.481 e. The second kappa shape index (κ2) is 4.89. The van der Waals surface area contributed by atoms with Crippen LogP contribution in [0.1, 0.15) is 16.8 Å². The number of aromatic carboxylic acids is 1. The van der Waals surface area contributed by atoms with Gasteiger partial charge in [0.2, 0.25) is 5.91 Å². The average molecular weight is 284 g/mol. The molecule has 1 fully saturated rings. The fraction of sp³-hybridized carbons (Fsp3) is 0.250. The number of halogens is 1. The molecule has 1 aromatic carbocycles. The normalized spacial score (nSPS) is 18.7. The van der Waals surface area contributed by atoms with E-state index in [2.05, 4.69) is 0 Å². The number of nitrogens with zero attached hydrogens (tertiary/aromatic N) is 1. The maximum Gasteiger partial charge on any atom is 0.339 e. The number of rotatable bonds is 3. The van der Waals surface area contributed by atoms with Crippen molar-refractivity contribution in [1.29, 1.82) is 0 Å². The number of amides is 1. The van der Waals surface area contributed by atoms with Gasteiger partial charge in [0, 0.05) is 13.0 Å². The molecule has 1 unspecified atom stereocenters. The summed E-state index contributed by atoms with van der Waals surface area (Å²) < 4.78 is 0. The van der Waals surface area contributed by atoms with Crippen LogP contribution in [0.15, 0.2) is 18.2 Å². The minimum Gasteiger partial charge on any atom is -0.481 e. The maximum absolute atomic E-state index is 11.8. The SMILES string of the molecule is O=C(O)c1c(Cl)cccc1N1CC(C(=O)O)CC1=O. The fourth-order valence-corrected chi connectivity index (χ4v) is 2.31. The van der Waals surface area contributed by atoms with Crippen LogP contribution in [-0.2, 0) is 9.59 Å². The topological polar surface area (TPSA) is 94.9 Å². The third-order valence-corrected chi connectivity index (χ3v) is 3.29. The van der Waals surface area contributed by atoms with E-state index in [1.54, 1.807) is 0 Å². The lowest BCUT2D eigenvalue weighted by Crippen LogP contribution is -2.27. The van der Waals surface area contributed by atoms with Crippen molar-refractivity contribution in [3.63, 3.8) is 0 Å². The number of carboxylic acid groups (broad SMARTS) is 2. The molecule has 0 aliphatic carbocycles. The summed E-state index contributed by atoms with van der Waals surface area (Å²) in [6, 6.07) is 4.37. The lowest BCUT2D eigenvalue weighted by molar-refractivity contribution is -0.141. The quantitative estimate of drug-likeness (QED) is 0.876. The molecule has 1 amide bonds. The van der Waals surface area contributed by atoms with Crippen molar-refractivity contribution in [1.82, 2.24) is 0 Å². The Hall–Kier alpha value is -2.08. The molecule has 2 N–H and O–H groups in total. The van der Waals surface area contributed by atoms with Crippen molar-refractivity contribution >= 4 is 35.1 Å². The number of carbonyl (C=O) groups excluding carboxylic acids is 1. The summed E-state index contributed by atoms with van der Waals surface area (Å²) in [5.74, 6) is -3.58. The molecule has 0 radical (unpaired) electrons. The van der Waals surface area contributed by atoms with E-state index in [0.29, 0.717) is 0 Å². The molecule has 1 saturated heterocycles. The van der Waals surface area contributed by atoms with E-state index in [4.69, 9.17) is 21.8 Å². The molecule has 1 aliphatic rings. The van der Waals surface area contributed by atoms with E-state index in [9.17, 15) is 14.4 Å². The zero-order valence-electron chi connectivity index (χ0n) is 9.67. The Kier molecular flexibility index (Phi) is 3.44. The Labute approximate surface area is 113 Å². The van der Waals surface area contributed by atoms with Crippen molar-refractivity contribution in [3.8, 4) is 0 Å². The van der Waals surface area contributed by atoms with Crippen molar-refractivity contribution in [2.45, 2.75) is 6.42 Å². The van der Waals surface area contributed by atoms with Crippen LogP contribution in [0, 0.1) is 5.92 Å². The van der Waals surface area contributed by atoms with Gasteiger partial charge in [0.1, 0.15) is 5.56 Å². The van der Waals surface area contributed by atoms with Gasteiger partial charge >= 0.3 is 11.9 Å². The number of aliphatic carboxylic acids is 1. The molecule has 1 atom stereocenters. The van der Waals surface area contributed by atoms with Crippen LogP contribution < -0.4 is 4.90 Å². The van der Waals surface area contributed by atoms with Gasteiger partial charge < -0.3 is 15.1 Å². The molecule has 1 heterocycles. The maximum atomic E-state index is 11.8. The molecule has 7 heteroatoms. The molecule has 0 saturated carbocycles. The third-order valence-electron chi connectivity index (χ3n) is 2.97. The highest BCUT2D eigenvalue weighted by Gasteiger charge is 2.36. The summed E-state index contributed by atoms with van der Waals surface area (Å²) >= 11 is 5.81. The molecule has 6 nitrogen and oxygen atoms in total. The molecule has 0 bridgehead atoms. The van der Waals surface area contributed by atoms with Crippen molar-refractivity contribution in [2.24, 2.45) is 5.92 Å². The molecule has 2 rings (SSSR count). The van der Waals surface area contributed by atoms with Crippen LogP contribution >= 0.6 is 11.6 Å². The summed E-state index contributed by atoms with van der Waals surface area (Å²) in [4.78, 5) is 35.0. The van der Waals surface area contributed by atoms with Crippen molar-refractivity contribution < 1.29 is 24.6 Å². The molecule has 1 aromatic rings. The molecule has 0 aromatic heterocycles. The van der Waals surface area contributed by atoms with E-state index in [1.807, 2.05) is 0 Å². The van der Waals surface area contributed by atoms with Crippen LogP contribution in [0.2, 0.25) is 5.02 Å². The highest BCUT2D eigenvalue weighted by atomic mass is 35.5. The minimum absolute atomic E-state index is 0.0107. The Bertz CT molecular complexity index is 571. The molecule has 19 heavy (non-hydrogen) atoms. The van der Waals surface area contributed by atoms with Gasteiger partial charge in [-0.05, 0) is 12.1 Å². The smallest absolute Gasteiger partial charge is 0.339 e. The third kappa shape index (κ3) is 2.39.